The van der Waals surface area contributed by atoms with E-state index in [2.05, 4.69) is 6.58 Å². The minimum atomic E-state index is -1.06. The third kappa shape index (κ3) is 3.34. The molecule has 0 aromatic heterocycles. The Labute approximate surface area is 142 Å². The molecule has 1 aliphatic heterocycles. The summed E-state index contributed by atoms with van der Waals surface area (Å²) in [6.07, 6.45) is 1.52. The largest absolute Gasteiger partial charge is 0.291 e. The number of carbonyl (C=O) groups excluding carboxylic acids is 2. The number of hydrogen-bond donors (Lipinski definition) is 0. The number of allylic oxidation sites excluding steroid dienone is 1. The van der Waals surface area contributed by atoms with Gasteiger partial charge in [0.15, 0.2) is 5.11 Å². The highest BCUT2D eigenvalue weighted by atomic mass is 32.1. The Balaban J connectivity index is 2.00. The molecule has 0 saturated carbocycles. The summed E-state index contributed by atoms with van der Waals surface area (Å²) in [4.78, 5) is 27.6. The number of nitrogens with zero attached hydrogens (tertiary/aromatic N) is 2. The minimum Gasteiger partial charge on any atom is -0.291 e. The number of thiocarbonyl (C=S) groups is 1. The summed E-state index contributed by atoms with van der Waals surface area (Å²) < 4.78 is 0. The Morgan fingerprint density at radius 1 is 1.17 bits per heavy atom. The second-order valence-corrected chi connectivity index (χ2v) is 6.67. The van der Waals surface area contributed by atoms with Crippen LogP contribution >= 0.6 is 12.2 Å². The van der Waals surface area contributed by atoms with Crippen molar-refractivity contribution in [2.75, 3.05) is 13.6 Å². The smallest absolute Gasteiger partial charge is 0.243 e. The molecule has 23 heavy (non-hydrogen) atoms. The molecule has 0 aliphatic carbocycles. The van der Waals surface area contributed by atoms with Crippen LogP contribution in [0.2, 0.25) is 0 Å². The summed E-state index contributed by atoms with van der Waals surface area (Å²) in [6, 6.07) is 9.97. The molecule has 0 unspecified atom stereocenters. The first kappa shape index (κ1) is 17.3. The van der Waals surface area contributed by atoms with Crippen molar-refractivity contribution in [2.24, 2.45) is 5.41 Å². The monoisotopic (exact) mass is 330 g/mol. The quantitative estimate of drug-likeness (QED) is 0.615. The molecule has 122 valence electrons. The first-order valence-electron chi connectivity index (χ1n) is 7.64. The maximum absolute atomic E-state index is 12.5. The molecule has 0 radical (unpaired) electrons. The molecule has 0 bridgehead atoms. The molecule has 4 nitrogen and oxygen atoms in total. The molecule has 0 spiro atoms. The molecule has 1 fully saturated rings. The highest BCUT2D eigenvalue weighted by molar-refractivity contribution is 7.80. The van der Waals surface area contributed by atoms with E-state index in [9.17, 15) is 9.59 Å². The molecular weight excluding hydrogens is 308 g/mol. The lowest BCUT2D eigenvalue weighted by Crippen LogP contribution is -2.62. The van der Waals surface area contributed by atoms with Gasteiger partial charge in [-0.15, -0.1) is 0 Å². The fourth-order valence-corrected chi connectivity index (χ4v) is 2.93. The van der Waals surface area contributed by atoms with Crippen molar-refractivity contribution < 1.29 is 9.59 Å². The van der Waals surface area contributed by atoms with Gasteiger partial charge in [0.2, 0.25) is 11.8 Å². The van der Waals surface area contributed by atoms with E-state index in [0.29, 0.717) is 6.54 Å². The summed E-state index contributed by atoms with van der Waals surface area (Å²) in [5, 5.41) is 0.282. The van der Waals surface area contributed by atoms with Crippen LogP contribution in [0.15, 0.2) is 36.9 Å². The van der Waals surface area contributed by atoms with E-state index in [1.807, 2.05) is 30.3 Å². The summed E-state index contributed by atoms with van der Waals surface area (Å²) in [5.74, 6) is -0.478. The van der Waals surface area contributed by atoms with Crippen molar-refractivity contribution in [1.29, 1.82) is 0 Å². The zero-order valence-corrected chi connectivity index (χ0v) is 14.7. The summed E-state index contributed by atoms with van der Waals surface area (Å²) in [5.41, 5.74) is 1.07. The van der Waals surface area contributed by atoms with Crippen molar-refractivity contribution in [1.82, 2.24) is 9.80 Å². The van der Waals surface area contributed by atoms with Crippen molar-refractivity contribution in [3.63, 3.8) is 0 Å². The van der Waals surface area contributed by atoms with E-state index < -0.39 is 5.41 Å². The van der Waals surface area contributed by atoms with E-state index in [-0.39, 0.29) is 16.9 Å². The SMILES string of the molecule is C=C(CCCN1C(=O)C(C)(C)C(=O)N(C)C1=S)c1ccccc1. The van der Waals surface area contributed by atoms with Crippen molar-refractivity contribution >= 4 is 34.7 Å². The minimum absolute atomic E-state index is 0.226. The lowest BCUT2D eigenvalue weighted by molar-refractivity contribution is -0.153. The van der Waals surface area contributed by atoms with Crippen LogP contribution in [0.4, 0.5) is 0 Å². The molecular formula is C18H22N2O2S. The van der Waals surface area contributed by atoms with Gasteiger partial charge in [-0.25, -0.2) is 0 Å². The predicted octanol–water partition coefficient (Wildman–Crippen LogP) is 3.09. The highest BCUT2D eigenvalue weighted by Crippen LogP contribution is 2.28. The third-order valence-electron chi connectivity index (χ3n) is 4.18. The van der Waals surface area contributed by atoms with Crippen LogP contribution in [-0.2, 0) is 9.59 Å². The van der Waals surface area contributed by atoms with Gasteiger partial charge in [0.25, 0.3) is 0 Å². The topological polar surface area (TPSA) is 40.6 Å². The number of carbonyl (C=O) groups is 2. The molecule has 2 amide bonds. The van der Waals surface area contributed by atoms with Gasteiger partial charge in [-0.2, -0.15) is 0 Å². The van der Waals surface area contributed by atoms with Gasteiger partial charge in [-0.05, 0) is 50.0 Å². The Kier molecular flexibility index (Phi) is 5.00. The zero-order chi connectivity index (χ0) is 17.2. The fraction of sp³-hybridized carbons (Fsp3) is 0.389. The van der Waals surface area contributed by atoms with E-state index >= 15 is 0 Å². The van der Waals surface area contributed by atoms with E-state index in [4.69, 9.17) is 12.2 Å². The third-order valence-corrected chi connectivity index (χ3v) is 4.67. The summed E-state index contributed by atoms with van der Waals surface area (Å²) in [6.45, 7) is 7.88. The van der Waals surface area contributed by atoms with Crippen molar-refractivity contribution in [3.8, 4) is 0 Å². The van der Waals surface area contributed by atoms with Gasteiger partial charge in [-0.3, -0.25) is 19.4 Å². The van der Waals surface area contributed by atoms with Gasteiger partial charge >= 0.3 is 0 Å². The Bertz CT molecular complexity index is 652. The standard InChI is InChI=1S/C18H22N2O2S/c1-13(14-10-6-5-7-11-14)9-8-12-20-16(22)18(2,3)15(21)19(4)17(20)23/h5-7,10-11H,1,8-9,12H2,2-4H3. The molecule has 1 saturated heterocycles. The zero-order valence-electron chi connectivity index (χ0n) is 13.8. The van der Waals surface area contributed by atoms with Crippen LogP contribution in [-0.4, -0.2) is 40.3 Å². The second kappa shape index (κ2) is 6.62. The van der Waals surface area contributed by atoms with Crippen molar-refractivity contribution in [3.05, 3.63) is 42.5 Å². The van der Waals surface area contributed by atoms with Crippen molar-refractivity contribution in [2.45, 2.75) is 26.7 Å². The van der Waals surface area contributed by atoms with Crippen LogP contribution in [0.1, 0.15) is 32.3 Å². The average molecular weight is 330 g/mol. The first-order chi connectivity index (χ1) is 10.8. The van der Waals surface area contributed by atoms with E-state index in [1.165, 1.54) is 9.80 Å². The van der Waals surface area contributed by atoms with Crippen LogP contribution in [0, 0.1) is 5.41 Å². The average Bonchev–Trinajstić information content (AvgIpc) is 2.55. The molecule has 0 atom stereocenters. The van der Waals surface area contributed by atoms with Crippen LogP contribution in [0.25, 0.3) is 5.57 Å². The molecule has 1 heterocycles. The fourth-order valence-electron chi connectivity index (χ4n) is 2.67. The molecule has 2 rings (SSSR count). The summed E-state index contributed by atoms with van der Waals surface area (Å²) >= 11 is 5.27. The maximum atomic E-state index is 12.5. The highest BCUT2D eigenvalue weighted by Gasteiger charge is 2.48. The first-order valence-corrected chi connectivity index (χ1v) is 8.05. The Morgan fingerprint density at radius 3 is 2.39 bits per heavy atom. The van der Waals surface area contributed by atoms with E-state index in [0.717, 1.165) is 24.0 Å². The molecule has 0 N–H and O–H groups in total. The van der Waals surface area contributed by atoms with E-state index in [1.54, 1.807) is 20.9 Å². The number of benzene rings is 1. The molecule has 1 aromatic carbocycles. The van der Waals surface area contributed by atoms with Gasteiger partial charge in [-0.1, -0.05) is 36.9 Å². The second-order valence-electron chi connectivity index (χ2n) is 6.30. The number of hydrogen-bond acceptors (Lipinski definition) is 3. The Hall–Kier alpha value is -2.01. The van der Waals surface area contributed by atoms with Gasteiger partial charge in [0.1, 0.15) is 5.41 Å². The van der Waals surface area contributed by atoms with Crippen LogP contribution in [0.5, 0.6) is 0 Å². The molecule has 1 aliphatic rings. The number of rotatable bonds is 5. The van der Waals surface area contributed by atoms with Gasteiger partial charge < -0.3 is 0 Å². The number of amides is 2. The molecule has 5 heteroatoms. The molecule has 1 aromatic rings. The van der Waals surface area contributed by atoms with Gasteiger partial charge in [0.05, 0.1) is 0 Å². The lowest BCUT2D eigenvalue weighted by atomic mass is 9.88. The predicted molar refractivity (Wildman–Crippen MR) is 95.6 cm³/mol. The Morgan fingerprint density at radius 2 is 1.78 bits per heavy atom. The normalized spacial score (nSPS) is 17.6. The van der Waals surface area contributed by atoms with Crippen LogP contribution < -0.4 is 0 Å². The summed E-state index contributed by atoms with van der Waals surface area (Å²) in [7, 11) is 1.62. The lowest BCUT2D eigenvalue weighted by Gasteiger charge is -2.41. The maximum Gasteiger partial charge on any atom is 0.243 e. The van der Waals surface area contributed by atoms with Crippen LogP contribution in [0.3, 0.4) is 0 Å². The van der Waals surface area contributed by atoms with Gasteiger partial charge in [0, 0.05) is 13.6 Å².